The molecule has 1 N–H and O–H groups in total. The van der Waals surface area contributed by atoms with Crippen LogP contribution >= 0.6 is 0 Å². The summed E-state index contributed by atoms with van der Waals surface area (Å²) in [4.78, 5) is 8.38. The summed E-state index contributed by atoms with van der Waals surface area (Å²) >= 11 is 0. The van der Waals surface area contributed by atoms with Crippen molar-refractivity contribution in [1.29, 1.82) is 0 Å². The van der Waals surface area contributed by atoms with Gasteiger partial charge < -0.3 is 5.32 Å². The van der Waals surface area contributed by atoms with E-state index in [0.29, 0.717) is 6.54 Å². The summed E-state index contributed by atoms with van der Waals surface area (Å²) < 4.78 is 0. The second kappa shape index (κ2) is 12.5. The summed E-state index contributed by atoms with van der Waals surface area (Å²) in [6.07, 6.45) is 8.79. The normalized spacial score (nSPS) is 10.7. The predicted molar refractivity (Wildman–Crippen MR) is 84.3 cm³/mol. The van der Waals surface area contributed by atoms with Crippen LogP contribution in [0.5, 0.6) is 0 Å². The van der Waals surface area contributed by atoms with Crippen LogP contribution < -0.4 is 5.32 Å². The van der Waals surface area contributed by atoms with Gasteiger partial charge in [0.2, 0.25) is 0 Å². The molecule has 0 bridgehead atoms. The molecule has 1 rings (SSSR count). The Labute approximate surface area is 116 Å². The summed E-state index contributed by atoms with van der Waals surface area (Å²) in [5.41, 5.74) is 1.92. The lowest BCUT2D eigenvalue weighted by molar-refractivity contribution is 0.756. The van der Waals surface area contributed by atoms with Crippen molar-refractivity contribution in [2.75, 3.05) is 6.54 Å². The van der Waals surface area contributed by atoms with Crippen LogP contribution in [0.15, 0.2) is 67.0 Å². The van der Waals surface area contributed by atoms with Crippen molar-refractivity contribution in [3.8, 4) is 0 Å². The third-order valence-corrected chi connectivity index (χ3v) is 2.02. The summed E-state index contributed by atoms with van der Waals surface area (Å²) in [6.45, 7) is 12.6. The molecule has 0 aromatic carbocycles. The van der Waals surface area contributed by atoms with Gasteiger partial charge in [-0.05, 0) is 18.2 Å². The molecule has 0 spiro atoms. The van der Waals surface area contributed by atoms with Crippen LogP contribution in [-0.2, 0) is 6.54 Å². The van der Waals surface area contributed by atoms with Gasteiger partial charge in [0.25, 0.3) is 0 Å². The van der Waals surface area contributed by atoms with Gasteiger partial charge in [0, 0.05) is 25.5 Å². The number of pyridine rings is 1. The third-order valence-electron chi connectivity index (χ3n) is 2.02. The van der Waals surface area contributed by atoms with E-state index in [1.165, 1.54) is 6.20 Å². The highest BCUT2D eigenvalue weighted by molar-refractivity contribution is 5.97. The van der Waals surface area contributed by atoms with Crippen LogP contribution in [0.1, 0.15) is 19.5 Å². The molecule has 3 heteroatoms. The smallest absolute Gasteiger partial charge is 0.0541 e. The zero-order valence-corrected chi connectivity index (χ0v) is 11.8. The minimum Gasteiger partial charge on any atom is -0.306 e. The number of nitrogens with one attached hydrogen (secondary N) is 1. The van der Waals surface area contributed by atoms with Crippen molar-refractivity contribution in [1.82, 2.24) is 10.3 Å². The van der Waals surface area contributed by atoms with Gasteiger partial charge >= 0.3 is 0 Å². The first-order chi connectivity index (χ1) is 9.36. The fraction of sp³-hybridized carbons (Fsp3) is 0.250. The van der Waals surface area contributed by atoms with Gasteiger partial charge in [0.1, 0.15) is 0 Å². The Bertz CT molecular complexity index is 405. The highest BCUT2D eigenvalue weighted by Crippen LogP contribution is 1.92. The van der Waals surface area contributed by atoms with Crippen LogP contribution in [0.3, 0.4) is 0 Å². The number of allylic oxidation sites excluding steroid dienone is 2. The van der Waals surface area contributed by atoms with Gasteiger partial charge in [0.15, 0.2) is 0 Å². The van der Waals surface area contributed by atoms with E-state index in [2.05, 4.69) is 28.5 Å². The lowest BCUT2D eigenvalue weighted by Gasteiger charge is -2.03. The molecule has 0 saturated carbocycles. The van der Waals surface area contributed by atoms with Crippen LogP contribution in [0.2, 0.25) is 0 Å². The second-order valence-corrected chi connectivity index (χ2v) is 3.32. The van der Waals surface area contributed by atoms with Gasteiger partial charge in [-0.2, -0.15) is 0 Å². The topological polar surface area (TPSA) is 37.3 Å². The number of nitrogens with zero attached hydrogens (tertiary/aromatic N) is 2. The molecule has 0 amide bonds. The minimum absolute atomic E-state index is 0.674. The average Bonchev–Trinajstić information content (AvgIpc) is 2.48. The second-order valence-electron chi connectivity index (χ2n) is 3.32. The SMILES string of the molecule is C=C/C=C\C(CNCc1ccccn1)=NC=C.CC. The Morgan fingerprint density at radius 1 is 1.37 bits per heavy atom. The van der Waals surface area contributed by atoms with Gasteiger partial charge in [-0.15, -0.1) is 0 Å². The molecule has 0 unspecified atom stereocenters. The van der Waals surface area contributed by atoms with Gasteiger partial charge in [-0.3, -0.25) is 9.98 Å². The number of aliphatic imine (C=N–C) groups is 1. The molecule has 0 fully saturated rings. The molecular weight excluding hydrogens is 234 g/mol. The van der Waals surface area contributed by atoms with E-state index in [1.807, 2.05) is 44.2 Å². The molecule has 0 atom stereocenters. The van der Waals surface area contributed by atoms with E-state index in [4.69, 9.17) is 0 Å². The Hall–Kier alpha value is -2.00. The van der Waals surface area contributed by atoms with Crippen LogP contribution in [0.4, 0.5) is 0 Å². The Balaban J connectivity index is 0.00000154. The lowest BCUT2D eigenvalue weighted by Crippen LogP contribution is -2.21. The standard InChI is InChI=1S/C14H17N3.C2H6/c1-3-5-8-13(16-4-2)11-15-12-14-9-6-7-10-17-14;1-2/h3-10,15H,1-2,11-12H2;1-2H3/b8-5-,16-13?;. The number of aromatic nitrogens is 1. The summed E-state index contributed by atoms with van der Waals surface area (Å²) in [5.74, 6) is 0. The molecule has 0 saturated heterocycles. The number of hydrogen-bond acceptors (Lipinski definition) is 3. The maximum absolute atomic E-state index is 4.23. The highest BCUT2D eigenvalue weighted by atomic mass is 14.9. The lowest BCUT2D eigenvalue weighted by atomic mass is 10.3. The van der Waals surface area contributed by atoms with Crippen molar-refractivity contribution < 1.29 is 0 Å². The molecule has 1 heterocycles. The third kappa shape index (κ3) is 8.69. The maximum Gasteiger partial charge on any atom is 0.0541 e. The molecule has 1 aromatic rings. The fourth-order valence-corrected chi connectivity index (χ4v) is 1.27. The van der Waals surface area contributed by atoms with Gasteiger partial charge in [0.05, 0.1) is 11.4 Å². The maximum atomic E-state index is 4.23. The van der Waals surface area contributed by atoms with Crippen molar-refractivity contribution in [2.45, 2.75) is 20.4 Å². The molecule has 0 radical (unpaired) electrons. The van der Waals surface area contributed by atoms with E-state index in [9.17, 15) is 0 Å². The highest BCUT2D eigenvalue weighted by Gasteiger charge is 1.95. The Morgan fingerprint density at radius 2 is 2.16 bits per heavy atom. The average molecular weight is 257 g/mol. The summed E-state index contributed by atoms with van der Waals surface area (Å²) in [5, 5.41) is 3.27. The number of rotatable bonds is 7. The molecule has 0 aliphatic rings. The summed E-state index contributed by atoms with van der Waals surface area (Å²) in [6, 6.07) is 5.86. The molecule has 0 aliphatic heterocycles. The Morgan fingerprint density at radius 3 is 2.74 bits per heavy atom. The van der Waals surface area contributed by atoms with Crippen molar-refractivity contribution in [3.05, 3.63) is 67.7 Å². The molecule has 3 nitrogen and oxygen atoms in total. The van der Waals surface area contributed by atoms with E-state index < -0.39 is 0 Å². The van der Waals surface area contributed by atoms with Gasteiger partial charge in [-0.1, -0.05) is 45.2 Å². The van der Waals surface area contributed by atoms with Crippen molar-refractivity contribution in [3.63, 3.8) is 0 Å². The van der Waals surface area contributed by atoms with Gasteiger partial charge in [-0.25, -0.2) is 0 Å². The van der Waals surface area contributed by atoms with E-state index in [-0.39, 0.29) is 0 Å². The first-order valence-electron chi connectivity index (χ1n) is 6.44. The Kier molecular flexibility index (Phi) is 11.1. The molecule has 19 heavy (non-hydrogen) atoms. The zero-order chi connectivity index (χ0) is 14.3. The van der Waals surface area contributed by atoms with Crippen LogP contribution in [-0.4, -0.2) is 17.2 Å². The fourth-order valence-electron chi connectivity index (χ4n) is 1.27. The van der Waals surface area contributed by atoms with Crippen LogP contribution in [0, 0.1) is 0 Å². The first kappa shape index (κ1) is 17.0. The zero-order valence-electron chi connectivity index (χ0n) is 11.8. The van der Waals surface area contributed by atoms with Crippen LogP contribution in [0.25, 0.3) is 0 Å². The largest absolute Gasteiger partial charge is 0.306 e. The molecule has 0 aliphatic carbocycles. The quantitative estimate of drug-likeness (QED) is 0.599. The molecule has 1 aromatic heterocycles. The minimum atomic E-state index is 0.674. The predicted octanol–water partition coefficient (Wildman–Crippen LogP) is 3.52. The summed E-state index contributed by atoms with van der Waals surface area (Å²) in [7, 11) is 0. The van der Waals surface area contributed by atoms with Crippen molar-refractivity contribution in [2.24, 2.45) is 4.99 Å². The molecular formula is C16H23N3. The van der Waals surface area contributed by atoms with E-state index >= 15 is 0 Å². The van der Waals surface area contributed by atoms with Crippen molar-refractivity contribution >= 4 is 5.71 Å². The molecule has 102 valence electrons. The van der Waals surface area contributed by atoms with E-state index in [0.717, 1.165) is 18.0 Å². The van der Waals surface area contributed by atoms with E-state index in [1.54, 1.807) is 12.3 Å². The number of hydrogen-bond donors (Lipinski definition) is 1. The monoisotopic (exact) mass is 257 g/mol. The first-order valence-corrected chi connectivity index (χ1v) is 6.44.